The maximum absolute atomic E-state index is 9.12. The summed E-state index contributed by atoms with van der Waals surface area (Å²) in [5, 5.41) is 12.5. The maximum atomic E-state index is 9.12. The van der Waals surface area contributed by atoms with E-state index in [0.717, 1.165) is 13.1 Å². The van der Waals surface area contributed by atoms with E-state index in [9.17, 15) is 0 Å². The van der Waals surface area contributed by atoms with E-state index in [1.807, 2.05) is 6.92 Å². The molecule has 13 heavy (non-hydrogen) atoms. The Labute approximate surface area is 81.7 Å². The van der Waals surface area contributed by atoms with Crippen LogP contribution in [0.25, 0.3) is 0 Å². The molecule has 1 atom stereocenters. The fourth-order valence-corrected chi connectivity index (χ4v) is 2.33. The Kier molecular flexibility index (Phi) is 4.20. The molecule has 1 rings (SSSR count). The van der Waals surface area contributed by atoms with Crippen molar-refractivity contribution >= 4 is 0 Å². The van der Waals surface area contributed by atoms with Crippen molar-refractivity contribution in [1.29, 1.82) is 0 Å². The summed E-state index contributed by atoms with van der Waals surface area (Å²) in [5.41, 5.74) is 0.550. The minimum atomic E-state index is -0.213. The van der Waals surface area contributed by atoms with Gasteiger partial charge in [0.2, 0.25) is 0 Å². The molecule has 0 amide bonds. The molecule has 0 spiro atoms. The number of hydrogen-bond acceptors (Lipinski definition) is 2. The highest BCUT2D eigenvalue weighted by atomic mass is 16.3. The second-order valence-corrected chi connectivity index (χ2v) is 4.54. The summed E-state index contributed by atoms with van der Waals surface area (Å²) in [6, 6.07) is 0. The summed E-state index contributed by atoms with van der Waals surface area (Å²) in [5.74, 6) is 0. The average Bonchev–Trinajstić information content (AvgIpc) is 2.53. The van der Waals surface area contributed by atoms with E-state index in [0.29, 0.717) is 5.41 Å². The highest BCUT2D eigenvalue weighted by Crippen LogP contribution is 2.40. The van der Waals surface area contributed by atoms with Crippen molar-refractivity contribution in [2.45, 2.75) is 52.1 Å². The molecule has 0 radical (unpaired) electrons. The summed E-state index contributed by atoms with van der Waals surface area (Å²) in [4.78, 5) is 0. The third kappa shape index (κ3) is 3.28. The lowest BCUT2D eigenvalue weighted by Crippen LogP contribution is -2.35. The van der Waals surface area contributed by atoms with Crippen LogP contribution in [0.5, 0.6) is 0 Å². The maximum Gasteiger partial charge on any atom is 0.0636 e. The Morgan fingerprint density at radius 3 is 2.46 bits per heavy atom. The van der Waals surface area contributed by atoms with Gasteiger partial charge in [-0.2, -0.15) is 0 Å². The molecular formula is C11H23NO. The van der Waals surface area contributed by atoms with Gasteiger partial charge in [-0.1, -0.05) is 19.8 Å². The standard InChI is InChI=1S/C11H23NO/c1-3-11(6-4-5-7-11)9-12-8-10(2)13/h10,12-13H,3-9H2,1-2H3. The molecule has 0 aromatic rings. The van der Waals surface area contributed by atoms with Crippen molar-refractivity contribution in [2.24, 2.45) is 5.41 Å². The van der Waals surface area contributed by atoms with Crippen LogP contribution in [0.3, 0.4) is 0 Å². The Balaban J connectivity index is 2.23. The van der Waals surface area contributed by atoms with Crippen LogP contribution in [0, 0.1) is 5.41 Å². The summed E-state index contributed by atoms with van der Waals surface area (Å²) in [6.07, 6.45) is 6.59. The zero-order valence-electron chi connectivity index (χ0n) is 8.97. The van der Waals surface area contributed by atoms with Gasteiger partial charge in [0.05, 0.1) is 6.10 Å². The van der Waals surface area contributed by atoms with Gasteiger partial charge in [0.15, 0.2) is 0 Å². The smallest absolute Gasteiger partial charge is 0.0636 e. The monoisotopic (exact) mass is 185 g/mol. The first kappa shape index (κ1) is 11.0. The molecule has 0 heterocycles. The molecule has 1 saturated carbocycles. The van der Waals surface area contributed by atoms with Gasteiger partial charge in [-0.3, -0.25) is 0 Å². The second kappa shape index (κ2) is 4.97. The number of hydrogen-bond donors (Lipinski definition) is 2. The fourth-order valence-electron chi connectivity index (χ4n) is 2.33. The van der Waals surface area contributed by atoms with Gasteiger partial charge in [-0.15, -0.1) is 0 Å². The number of nitrogens with one attached hydrogen (secondary N) is 1. The van der Waals surface area contributed by atoms with Crippen LogP contribution in [0.2, 0.25) is 0 Å². The fraction of sp³-hybridized carbons (Fsp3) is 1.00. The van der Waals surface area contributed by atoms with E-state index in [4.69, 9.17) is 5.11 Å². The Morgan fingerprint density at radius 1 is 1.38 bits per heavy atom. The van der Waals surface area contributed by atoms with Crippen LogP contribution in [-0.4, -0.2) is 24.3 Å². The zero-order chi connectivity index (χ0) is 9.73. The first-order chi connectivity index (χ1) is 6.18. The molecule has 78 valence electrons. The first-order valence-electron chi connectivity index (χ1n) is 5.57. The van der Waals surface area contributed by atoms with Crippen LogP contribution in [0.4, 0.5) is 0 Å². The molecule has 2 nitrogen and oxygen atoms in total. The summed E-state index contributed by atoms with van der Waals surface area (Å²) >= 11 is 0. The third-order valence-electron chi connectivity index (χ3n) is 3.35. The average molecular weight is 185 g/mol. The molecule has 0 bridgehead atoms. The van der Waals surface area contributed by atoms with Crippen LogP contribution in [0.15, 0.2) is 0 Å². The number of aliphatic hydroxyl groups is 1. The van der Waals surface area contributed by atoms with Gasteiger partial charge in [0.25, 0.3) is 0 Å². The van der Waals surface area contributed by atoms with Gasteiger partial charge in [-0.05, 0) is 31.6 Å². The van der Waals surface area contributed by atoms with Crippen molar-refractivity contribution < 1.29 is 5.11 Å². The summed E-state index contributed by atoms with van der Waals surface area (Å²) in [6.45, 7) is 5.95. The highest BCUT2D eigenvalue weighted by molar-refractivity contribution is 4.85. The van der Waals surface area contributed by atoms with E-state index < -0.39 is 0 Å². The highest BCUT2D eigenvalue weighted by Gasteiger charge is 2.31. The second-order valence-electron chi connectivity index (χ2n) is 4.54. The Bertz CT molecular complexity index is 139. The zero-order valence-corrected chi connectivity index (χ0v) is 8.97. The molecule has 0 saturated heterocycles. The van der Waals surface area contributed by atoms with E-state index in [2.05, 4.69) is 12.2 Å². The van der Waals surface area contributed by atoms with Crippen molar-refractivity contribution in [3.05, 3.63) is 0 Å². The molecule has 0 aromatic heterocycles. The quantitative estimate of drug-likeness (QED) is 0.686. The van der Waals surface area contributed by atoms with Crippen LogP contribution >= 0.6 is 0 Å². The van der Waals surface area contributed by atoms with Gasteiger partial charge >= 0.3 is 0 Å². The first-order valence-corrected chi connectivity index (χ1v) is 5.57. The lowest BCUT2D eigenvalue weighted by molar-refractivity contribution is 0.178. The molecule has 0 aliphatic heterocycles. The normalized spacial score (nSPS) is 23.3. The van der Waals surface area contributed by atoms with E-state index >= 15 is 0 Å². The van der Waals surface area contributed by atoms with E-state index in [1.54, 1.807) is 0 Å². The van der Waals surface area contributed by atoms with Gasteiger partial charge in [0, 0.05) is 13.1 Å². The van der Waals surface area contributed by atoms with Crippen molar-refractivity contribution in [2.75, 3.05) is 13.1 Å². The predicted octanol–water partition coefficient (Wildman–Crippen LogP) is 1.93. The lowest BCUT2D eigenvalue weighted by atomic mass is 9.83. The van der Waals surface area contributed by atoms with Gasteiger partial charge in [0.1, 0.15) is 0 Å². The van der Waals surface area contributed by atoms with Crippen molar-refractivity contribution in [3.63, 3.8) is 0 Å². The van der Waals surface area contributed by atoms with Crippen molar-refractivity contribution in [3.8, 4) is 0 Å². The third-order valence-corrected chi connectivity index (χ3v) is 3.35. The van der Waals surface area contributed by atoms with Gasteiger partial charge < -0.3 is 10.4 Å². The number of rotatable bonds is 5. The summed E-state index contributed by atoms with van der Waals surface area (Å²) < 4.78 is 0. The minimum absolute atomic E-state index is 0.213. The molecule has 2 heteroatoms. The SMILES string of the molecule is CCC1(CNCC(C)O)CCCC1. The molecular weight excluding hydrogens is 162 g/mol. The van der Waals surface area contributed by atoms with Crippen LogP contribution < -0.4 is 5.32 Å². The van der Waals surface area contributed by atoms with Gasteiger partial charge in [-0.25, -0.2) is 0 Å². The molecule has 2 N–H and O–H groups in total. The predicted molar refractivity (Wildman–Crippen MR) is 55.7 cm³/mol. The van der Waals surface area contributed by atoms with E-state index in [-0.39, 0.29) is 6.10 Å². The van der Waals surface area contributed by atoms with Crippen LogP contribution in [-0.2, 0) is 0 Å². The minimum Gasteiger partial charge on any atom is -0.392 e. The lowest BCUT2D eigenvalue weighted by Gasteiger charge is -2.28. The Morgan fingerprint density at radius 2 is 2.00 bits per heavy atom. The number of aliphatic hydroxyl groups excluding tert-OH is 1. The van der Waals surface area contributed by atoms with Crippen molar-refractivity contribution in [1.82, 2.24) is 5.32 Å². The largest absolute Gasteiger partial charge is 0.392 e. The molecule has 1 fully saturated rings. The van der Waals surface area contributed by atoms with E-state index in [1.165, 1.54) is 32.1 Å². The summed E-state index contributed by atoms with van der Waals surface area (Å²) in [7, 11) is 0. The molecule has 0 aromatic carbocycles. The Hall–Kier alpha value is -0.0800. The van der Waals surface area contributed by atoms with Crippen LogP contribution in [0.1, 0.15) is 46.0 Å². The molecule has 1 unspecified atom stereocenters. The molecule has 1 aliphatic rings. The molecule has 1 aliphatic carbocycles. The topological polar surface area (TPSA) is 32.3 Å².